The Morgan fingerprint density at radius 2 is 1.60 bits per heavy atom. The van der Waals surface area contributed by atoms with Crippen molar-refractivity contribution in [2.45, 2.75) is 0 Å². The van der Waals surface area contributed by atoms with Gasteiger partial charge in [-0.05, 0) is 42.5 Å². The molecule has 0 saturated heterocycles. The Morgan fingerprint density at radius 3 is 2.40 bits per heavy atom. The molecule has 0 unspecified atom stereocenters. The van der Waals surface area contributed by atoms with E-state index in [4.69, 9.17) is 4.74 Å². The quantitative estimate of drug-likeness (QED) is 0.548. The van der Waals surface area contributed by atoms with Crippen LogP contribution in [0, 0.1) is 0 Å². The van der Waals surface area contributed by atoms with E-state index in [-0.39, 0.29) is 0 Å². The Hall–Kier alpha value is -3.47. The van der Waals surface area contributed by atoms with Crippen LogP contribution in [0.1, 0.15) is 0 Å². The van der Waals surface area contributed by atoms with Crippen LogP contribution in [0.25, 0.3) is 10.9 Å². The lowest BCUT2D eigenvalue weighted by Gasteiger charge is -2.19. The fourth-order valence-electron chi connectivity index (χ4n) is 2.55. The molecule has 0 N–H and O–H groups in total. The van der Waals surface area contributed by atoms with E-state index < -0.39 is 0 Å². The van der Waals surface area contributed by atoms with Crippen molar-refractivity contribution in [3.8, 4) is 11.8 Å². The minimum absolute atomic E-state index is 0.310. The monoisotopic (exact) mass is 328 g/mol. The van der Waals surface area contributed by atoms with Crippen molar-refractivity contribution >= 4 is 22.3 Å². The molecule has 0 aliphatic rings. The highest BCUT2D eigenvalue weighted by Gasteiger charge is 2.06. The Bertz CT molecular complexity index is 987. The van der Waals surface area contributed by atoms with Crippen molar-refractivity contribution in [1.82, 2.24) is 15.0 Å². The maximum Gasteiger partial charge on any atom is 0.322 e. The van der Waals surface area contributed by atoms with Crippen LogP contribution in [0.3, 0.4) is 0 Å². The number of fused-ring (bicyclic) bond motifs is 1. The van der Waals surface area contributed by atoms with Crippen molar-refractivity contribution in [2.24, 2.45) is 0 Å². The van der Waals surface area contributed by atoms with Gasteiger partial charge >= 0.3 is 6.01 Å². The number of aromatic nitrogens is 3. The summed E-state index contributed by atoms with van der Waals surface area (Å²) in [6.45, 7) is 0. The fourth-order valence-corrected chi connectivity index (χ4v) is 2.55. The summed E-state index contributed by atoms with van der Waals surface area (Å²) in [5.41, 5.74) is 2.96. The van der Waals surface area contributed by atoms with Crippen LogP contribution in [-0.2, 0) is 0 Å². The molecule has 0 amide bonds. The van der Waals surface area contributed by atoms with E-state index >= 15 is 0 Å². The number of para-hydroxylation sites is 1. The van der Waals surface area contributed by atoms with Crippen LogP contribution in [-0.4, -0.2) is 22.0 Å². The molecule has 0 saturated carbocycles. The summed E-state index contributed by atoms with van der Waals surface area (Å²) in [5.74, 6) is 0.688. The van der Waals surface area contributed by atoms with E-state index in [1.54, 1.807) is 18.6 Å². The first-order valence-corrected chi connectivity index (χ1v) is 7.93. The maximum atomic E-state index is 5.76. The van der Waals surface area contributed by atoms with Gasteiger partial charge in [-0.25, -0.2) is 4.98 Å². The van der Waals surface area contributed by atoms with Gasteiger partial charge < -0.3 is 9.64 Å². The smallest absolute Gasteiger partial charge is 0.322 e. The van der Waals surface area contributed by atoms with Crippen molar-refractivity contribution in [1.29, 1.82) is 0 Å². The van der Waals surface area contributed by atoms with Gasteiger partial charge in [0.1, 0.15) is 5.75 Å². The van der Waals surface area contributed by atoms with Crippen molar-refractivity contribution in [3.05, 3.63) is 79.3 Å². The molecule has 2 aromatic carbocycles. The van der Waals surface area contributed by atoms with Gasteiger partial charge in [-0.2, -0.15) is 4.98 Å². The van der Waals surface area contributed by atoms with Crippen molar-refractivity contribution in [3.63, 3.8) is 0 Å². The molecule has 0 spiro atoms. The highest BCUT2D eigenvalue weighted by atomic mass is 16.5. The van der Waals surface area contributed by atoms with Crippen LogP contribution in [0.5, 0.6) is 11.8 Å². The third-order valence-corrected chi connectivity index (χ3v) is 3.94. The van der Waals surface area contributed by atoms with E-state index in [0.717, 1.165) is 22.3 Å². The minimum atomic E-state index is 0.310. The molecule has 4 aromatic rings. The number of anilines is 2. The minimum Gasteiger partial charge on any atom is -0.424 e. The number of rotatable bonds is 4. The van der Waals surface area contributed by atoms with E-state index in [9.17, 15) is 0 Å². The molecule has 0 fully saturated rings. The summed E-state index contributed by atoms with van der Waals surface area (Å²) < 4.78 is 5.76. The average Bonchev–Trinajstić information content (AvgIpc) is 2.69. The second kappa shape index (κ2) is 6.57. The topological polar surface area (TPSA) is 51.1 Å². The first kappa shape index (κ1) is 15.1. The van der Waals surface area contributed by atoms with E-state index in [2.05, 4.69) is 32.0 Å². The van der Waals surface area contributed by atoms with Gasteiger partial charge in [0.15, 0.2) is 0 Å². The van der Waals surface area contributed by atoms with Crippen LogP contribution < -0.4 is 9.64 Å². The van der Waals surface area contributed by atoms with Gasteiger partial charge in [0, 0.05) is 36.2 Å². The Labute approximate surface area is 145 Å². The summed E-state index contributed by atoms with van der Waals surface area (Å²) in [6.07, 6.45) is 5.15. The average molecular weight is 328 g/mol. The first-order valence-electron chi connectivity index (χ1n) is 7.93. The molecular weight excluding hydrogens is 312 g/mol. The molecule has 5 nitrogen and oxygen atoms in total. The van der Waals surface area contributed by atoms with E-state index in [0.29, 0.717) is 11.8 Å². The number of ether oxygens (including phenoxy) is 1. The molecule has 0 aliphatic carbocycles. The fraction of sp³-hybridized carbons (Fsp3) is 0.0500. The third kappa shape index (κ3) is 3.26. The van der Waals surface area contributed by atoms with Gasteiger partial charge in [0.2, 0.25) is 0 Å². The van der Waals surface area contributed by atoms with Crippen molar-refractivity contribution < 1.29 is 4.74 Å². The number of pyridine rings is 1. The number of hydrogen-bond donors (Lipinski definition) is 0. The summed E-state index contributed by atoms with van der Waals surface area (Å²) in [5, 5.41) is 0.933. The van der Waals surface area contributed by atoms with Gasteiger partial charge in [-0.1, -0.05) is 18.2 Å². The van der Waals surface area contributed by atoms with Crippen LogP contribution in [0.2, 0.25) is 0 Å². The second-order valence-electron chi connectivity index (χ2n) is 5.58. The standard InChI is InChI=1S/C20H16N4O/c1-24(16-5-3-2-4-6-16)17-7-9-18(10-8-17)25-20-22-13-15-11-12-21-14-19(15)23-20/h2-14H,1H3. The molecule has 4 rings (SSSR count). The van der Waals surface area contributed by atoms with Crippen LogP contribution in [0.4, 0.5) is 11.4 Å². The number of benzene rings is 2. The second-order valence-corrected chi connectivity index (χ2v) is 5.58. The van der Waals surface area contributed by atoms with Crippen LogP contribution in [0.15, 0.2) is 79.3 Å². The van der Waals surface area contributed by atoms with Gasteiger partial charge in [0.05, 0.1) is 11.7 Å². The van der Waals surface area contributed by atoms with Gasteiger partial charge in [0.25, 0.3) is 0 Å². The van der Waals surface area contributed by atoms with E-state index in [1.807, 2.05) is 55.6 Å². The predicted octanol–water partition coefficient (Wildman–Crippen LogP) is 4.59. The Balaban J connectivity index is 1.53. The summed E-state index contributed by atoms with van der Waals surface area (Å²) in [4.78, 5) is 14.8. The molecular formula is C20H16N4O. The molecule has 0 aliphatic heterocycles. The zero-order valence-corrected chi connectivity index (χ0v) is 13.7. The lowest BCUT2D eigenvalue weighted by atomic mass is 10.2. The SMILES string of the molecule is CN(c1ccccc1)c1ccc(Oc2ncc3ccncc3n2)cc1. The molecule has 0 radical (unpaired) electrons. The summed E-state index contributed by atoms with van der Waals surface area (Å²) in [7, 11) is 2.03. The summed E-state index contributed by atoms with van der Waals surface area (Å²) in [6, 6.07) is 20.2. The first-order chi connectivity index (χ1) is 12.3. The predicted molar refractivity (Wildman–Crippen MR) is 98.4 cm³/mol. The van der Waals surface area contributed by atoms with Gasteiger partial charge in [-0.15, -0.1) is 0 Å². The molecule has 0 bridgehead atoms. The zero-order chi connectivity index (χ0) is 17.1. The normalized spacial score (nSPS) is 10.6. The lowest BCUT2D eigenvalue weighted by molar-refractivity contribution is 0.444. The number of hydrogen-bond acceptors (Lipinski definition) is 5. The Kier molecular flexibility index (Phi) is 3.96. The molecule has 25 heavy (non-hydrogen) atoms. The largest absolute Gasteiger partial charge is 0.424 e. The zero-order valence-electron chi connectivity index (χ0n) is 13.7. The van der Waals surface area contributed by atoms with Gasteiger partial charge in [-0.3, -0.25) is 4.98 Å². The highest BCUT2D eigenvalue weighted by Crippen LogP contribution is 2.27. The lowest BCUT2D eigenvalue weighted by Crippen LogP contribution is -2.08. The summed E-state index contributed by atoms with van der Waals surface area (Å²) >= 11 is 0. The number of nitrogens with zero attached hydrogens (tertiary/aromatic N) is 4. The molecule has 2 aromatic heterocycles. The Morgan fingerprint density at radius 1 is 0.840 bits per heavy atom. The van der Waals surface area contributed by atoms with Crippen LogP contribution >= 0.6 is 0 Å². The molecule has 2 heterocycles. The maximum absolute atomic E-state index is 5.76. The van der Waals surface area contributed by atoms with Crippen molar-refractivity contribution in [2.75, 3.05) is 11.9 Å². The third-order valence-electron chi connectivity index (χ3n) is 3.94. The molecule has 0 atom stereocenters. The highest BCUT2D eigenvalue weighted by molar-refractivity contribution is 5.76. The molecule has 122 valence electrons. The molecule has 5 heteroatoms. The van der Waals surface area contributed by atoms with E-state index in [1.165, 1.54) is 0 Å².